The van der Waals surface area contributed by atoms with Gasteiger partial charge >= 0.3 is 0 Å². The minimum absolute atomic E-state index is 0.213. The molecule has 0 spiro atoms. The molecule has 126 valence electrons. The van der Waals surface area contributed by atoms with E-state index in [0.29, 0.717) is 6.54 Å². The van der Waals surface area contributed by atoms with Crippen molar-refractivity contribution in [2.45, 2.75) is 40.7 Å². The number of allylic oxidation sites excluding steroid dienone is 2. The van der Waals surface area contributed by atoms with Crippen molar-refractivity contribution in [3.8, 4) is 0 Å². The summed E-state index contributed by atoms with van der Waals surface area (Å²) in [6, 6.07) is 13.0. The molecule has 0 radical (unpaired) electrons. The molecular weight excluding hydrogens is 297 g/mol. The third-order valence-electron chi connectivity index (χ3n) is 4.41. The van der Waals surface area contributed by atoms with E-state index in [1.165, 1.54) is 34.4 Å². The van der Waals surface area contributed by atoms with Gasteiger partial charge in [0.25, 0.3) is 0 Å². The van der Waals surface area contributed by atoms with Gasteiger partial charge in [0.1, 0.15) is 5.82 Å². The van der Waals surface area contributed by atoms with Gasteiger partial charge in [0, 0.05) is 12.2 Å². The van der Waals surface area contributed by atoms with Crippen LogP contribution >= 0.6 is 0 Å². The Morgan fingerprint density at radius 3 is 2.29 bits per heavy atom. The maximum absolute atomic E-state index is 13.0. The Morgan fingerprint density at radius 2 is 1.71 bits per heavy atom. The Hall–Kier alpha value is -2.35. The molecule has 2 aromatic carbocycles. The van der Waals surface area contributed by atoms with E-state index >= 15 is 0 Å². The first-order valence-electron chi connectivity index (χ1n) is 8.37. The van der Waals surface area contributed by atoms with E-state index in [2.05, 4.69) is 57.8 Å². The Kier molecular flexibility index (Phi) is 5.97. The van der Waals surface area contributed by atoms with Gasteiger partial charge in [0.05, 0.1) is 0 Å². The first-order chi connectivity index (χ1) is 11.4. The average Bonchev–Trinajstić information content (AvgIpc) is 2.59. The highest BCUT2D eigenvalue weighted by atomic mass is 19.1. The maximum atomic E-state index is 13.0. The van der Waals surface area contributed by atoms with Crippen molar-refractivity contribution < 1.29 is 4.39 Å². The Bertz CT molecular complexity index is 750. The van der Waals surface area contributed by atoms with Crippen LogP contribution < -0.4 is 5.32 Å². The van der Waals surface area contributed by atoms with Crippen molar-refractivity contribution in [2.24, 2.45) is 0 Å². The van der Waals surface area contributed by atoms with Crippen LogP contribution in [0.1, 0.15) is 49.9 Å². The molecule has 1 N–H and O–H groups in total. The predicted molar refractivity (Wildman–Crippen MR) is 102 cm³/mol. The number of hydrogen-bond donors (Lipinski definition) is 1. The number of aryl methyl sites for hydroxylation is 1. The highest BCUT2D eigenvalue weighted by Crippen LogP contribution is 2.26. The zero-order valence-corrected chi connectivity index (χ0v) is 15.0. The molecule has 0 aromatic heterocycles. The quantitative estimate of drug-likeness (QED) is 0.691. The topological polar surface area (TPSA) is 12.0 Å². The van der Waals surface area contributed by atoms with Crippen molar-refractivity contribution in [3.63, 3.8) is 0 Å². The fourth-order valence-electron chi connectivity index (χ4n) is 2.60. The molecule has 0 heterocycles. The van der Waals surface area contributed by atoms with E-state index in [0.717, 1.165) is 23.2 Å². The molecule has 0 bridgehead atoms. The molecule has 2 heteroatoms. The van der Waals surface area contributed by atoms with Gasteiger partial charge in [-0.05, 0) is 73.2 Å². The number of benzene rings is 2. The highest BCUT2D eigenvalue weighted by Gasteiger charge is 2.08. The number of hydrogen-bond acceptors (Lipinski definition) is 1. The summed E-state index contributed by atoms with van der Waals surface area (Å²) < 4.78 is 13.0. The van der Waals surface area contributed by atoms with Crippen molar-refractivity contribution >= 4 is 11.3 Å². The molecule has 0 saturated heterocycles. The van der Waals surface area contributed by atoms with Gasteiger partial charge in [-0.3, -0.25) is 0 Å². The standard InChI is InChI=1S/C22H26FN/c1-6-19-9-10-20(13-22(19)16(4)15(2)3)17(5)24-14-18-7-11-21(23)12-8-18/h7-13,24H,5-6,14H2,1-4H3. The van der Waals surface area contributed by atoms with Crippen LogP contribution in [0.25, 0.3) is 11.3 Å². The van der Waals surface area contributed by atoms with Crippen LogP contribution in [0.15, 0.2) is 54.6 Å². The van der Waals surface area contributed by atoms with Gasteiger partial charge < -0.3 is 5.32 Å². The van der Waals surface area contributed by atoms with Gasteiger partial charge in [-0.25, -0.2) is 4.39 Å². The zero-order valence-electron chi connectivity index (χ0n) is 15.0. The molecule has 0 fully saturated rings. The summed E-state index contributed by atoms with van der Waals surface area (Å²) in [6.45, 7) is 13.4. The van der Waals surface area contributed by atoms with Crippen LogP contribution in [-0.2, 0) is 13.0 Å². The third-order valence-corrected chi connectivity index (χ3v) is 4.41. The summed E-state index contributed by atoms with van der Waals surface area (Å²) in [4.78, 5) is 0. The largest absolute Gasteiger partial charge is 0.381 e. The smallest absolute Gasteiger partial charge is 0.123 e. The van der Waals surface area contributed by atoms with Crippen molar-refractivity contribution in [2.75, 3.05) is 0 Å². The summed E-state index contributed by atoms with van der Waals surface area (Å²) in [5, 5.41) is 3.33. The summed E-state index contributed by atoms with van der Waals surface area (Å²) in [7, 11) is 0. The molecule has 0 saturated carbocycles. The van der Waals surface area contributed by atoms with Gasteiger partial charge in [-0.1, -0.05) is 43.3 Å². The average molecular weight is 323 g/mol. The lowest BCUT2D eigenvalue weighted by atomic mass is 9.93. The van der Waals surface area contributed by atoms with E-state index in [4.69, 9.17) is 0 Å². The molecule has 0 aliphatic rings. The summed E-state index contributed by atoms with van der Waals surface area (Å²) in [6.07, 6.45) is 1.01. The lowest BCUT2D eigenvalue weighted by Gasteiger charge is -2.15. The molecule has 0 unspecified atom stereocenters. The van der Waals surface area contributed by atoms with Crippen LogP contribution in [0.2, 0.25) is 0 Å². The van der Waals surface area contributed by atoms with Crippen molar-refractivity contribution in [3.05, 3.63) is 82.7 Å². The third kappa shape index (κ3) is 4.35. The van der Waals surface area contributed by atoms with E-state index in [1.54, 1.807) is 12.1 Å². The van der Waals surface area contributed by atoms with E-state index in [-0.39, 0.29) is 5.82 Å². The lowest BCUT2D eigenvalue weighted by molar-refractivity contribution is 0.626. The lowest BCUT2D eigenvalue weighted by Crippen LogP contribution is -2.11. The molecule has 0 aliphatic heterocycles. The van der Waals surface area contributed by atoms with Gasteiger partial charge in [-0.2, -0.15) is 0 Å². The second kappa shape index (κ2) is 7.96. The summed E-state index contributed by atoms with van der Waals surface area (Å²) in [5.74, 6) is -0.213. The molecule has 0 atom stereocenters. The molecule has 2 rings (SSSR count). The molecule has 0 aliphatic carbocycles. The maximum Gasteiger partial charge on any atom is 0.123 e. The fraction of sp³-hybridized carbons (Fsp3) is 0.273. The number of nitrogens with one attached hydrogen (secondary N) is 1. The molecule has 0 amide bonds. The normalized spacial score (nSPS) is 10.4. The second-order valence-electron chi connectivity index (χ2n) is 6.31. The van der Waals surface area contributed by atoms with E-state index in [9.17, 15) is 4.39 Å². The van der Waals surface area contributed by atoms with Crippen LogP contribution in [0.5, 0.6) is 0 Å². The first kappa shape index (κ1) is 18.0. The number of rotatable bonds is 6. The highest BCUT2D eigenvalue weighted by molar-refractivity contribution is 5.73. The van der Waals surface area contributed by atoms with Gasteiger partial charge in [-0.15, -0.1) is 0 Å². The summed E-state index contributed by atoms with van der Waals surface area (Å²) in [5.41, 5.74) is 8.29. The molecule has 24 heavy (non-hydrogen) atoms. The second-order valence-corrected chi connectivity index (χ2v) is 6.31. The molecule has 1 nitrogen and oxygen atoms in total. The van der Waals surface area contributed by atoms with Gasteiger partial charge in [0.2, 0.25) is 0 Å². The van der Waals surface area contributed by atoms with Crippen LogP contribution in [0.3, 0.4) is 0 Å². The Balaban J connectivity index is 2.19. The van der Waals surface area contributed by atoms with E-state index < -0.39 is 0 Å². The Labute approximate surface area is 144 Å². The minimum Gasteiger partial charge on any atom is -0.381 e. The molecular formula is C22H26FN. The van der Waals surface area contributed by atoms with Crippen molar-refractivity contribution in [1.29, 1.82) is 0 Å². The van der Waals surface area contributed by atoms with Gasteiger partial charge in [0.15, 0.2) is 0 Å². The van der Waals surface area contributed by atoms with Crippen LogP contribution in [-0.4, -0.2) is 0 Å². The van der Waals surface area contributed by atoms with Crippen LogP contribution in [0.4, 0.5) is 4.39 Å². The predicted octanol–water partition coefficient (Wildman–Crippen LogP) is 5.96. The van der Waals surface area contributed by atoms with Crippen molar-refractivity contribution in [1.82, 2.24) is 5.32 Å². The SMILES string of the molecule is C=C(NCc1ccc(F)cc1)c1ccc(CC)c(C(C)=C(C)C)c1. The first-order valence-corrected chi connectivity index (χ1v) is 8.37. The fourth-order valence-corrected chi connectivity index (χ4v) is 2.60. The minimum atomic E-state index is -0.213. The molecule has 2 aromatic rings. The van der Waals surface area contributed by atoms with Crippen LogP contribution in [0, 0.1) is 5.82 Å². The van der Waals surface area contributed by atoms with E-state index in [1.807, 2.05) is 0 Å². The number of halogens is 1. The zero-order chi connectivity index (χ0) is 17.7. The summed E-state index contributed by atoms with van der Waals surface area (Å²) >= 11 is 0. The Morgan fingerprint density at radius 1 is 1.04 bits per heavy atom. The monoisotopic (exact) mass is 323 g/mol.